The lowest BCUT2D eigenvalue weighted by atomic mass is 9.96. The Balaban J connectivity index is 2.39. The Kier molecular flexibility index (Phi) is 6.45. The van der Waals surface area contributed by atoms with Crippen molar-refractivity contribution >= 4 is 0 Å². The number of nitrogens with one attached hydrogen (secondary N) is 1. The minimum atomic E-state index is 0.496. The van der Waals surface area contributed by atoms with Crippen LogP contribution in [0.4, 0.5) is 0 Å². The van der Waals surface area contributed by atoms with Crippen molar-refractivity contribution in [3.63, 3.8) is 0 Å². The highest BCUT2D eigenvalue weighted by atomic mass is 16.5. The molecule has 1 heterocycles. The first-order valence-electron chi connectivity index (χ1n) is 7.08. The van der Waals surface area contributed by atoms with Crippen LogP contribution in [0.5, 0.6) is 0 Å². The van der Waals surface area contributed by atoms with E-state index in [0.717, 1.165) is 13.2 Å². The standard InChI is InChI=1S/C14H30N2O/c1-6-17-10-14(11(2)3)15-13-7-8-16(5)12(4)9-13/h11-15H,6-10H2,1-5H3. The number of ether oxygens (including phenoxy) is 1. The summed E-state index contributed by atoms with van der Waals surface area (Å²) in [6.07, 6.45) is 2.52. The van der Waals surface area contributed by atoms with Crippen LogP contribution in [0, 0.1) is 5.92 Å². The fourth-order valence-corrected chi connectivity index (χ4v) is 2.42. The summed E-state index contributed by atoms with van der Waals surface area (Å²) in [5.41, 5.74) is 0. The summed E-state index contributed by atoms with van der Waals surface area (Å²) in [6.45, 7) is 11.8. The summed E-state index contributed by atoms with van der Waals surface area (Å²) in [7, 11) is 2.22. The van der Waals surface area contributed by atoms with Crippen LogP contribution in [-0.2, 0) is 4.74 Å². The summed E-state index contributed by atoms with van der Waals surface area (Å²) in [5.74, 6) is 0.636. The smallest absolute Gasteiger partial charge is 0.0622 e. The van der Waals surface area contributed by atoms with Gasteiger partial charge in [-0.15, -0.1) is 0 Å². The molecule has 1 fully saturated rings. The Morgan fingerprint density at radius 1 is 1.41 bits per heavy atom. The number of nitrogens with zero attached hydrogens (tertiary/aromatic N) is 1. The molecule has 3 unspecified atom stereocenters. The molecular formula is C14H30N2O. The Bertz CT molecular complexity index is 208. The lowest BCUT2D eigenvalue weighted by Crippen LogP contribution is -2.51. The quantitative estimate of drug-likeness (QED) is 0.772. The van der Waals surface area contributed by atoms with Gasteiger partial charge in [0, 0.05) is 24.7 Å². The van der Waals surface area contributed by atoms with Crippen LogP contribution < -0.4 is 5.32 Å². The van der Waals surface area contributed by atoms with E-state index in [2.05, 4.69) is 45.0 Å². The fourth-order valence-electron chi connectivity index (χ4n) is 2.42. The van der Waals surface area contributed by atoms with Crippen LogP contribution in [0.1, 0.15) is 40.5 Å². The van der Waals surface area contributed by atoms with E-state index in [1.807, 2.05) is 0 Å². The average molecular weight is 242 g/mol. The van der Waals surface area contributed by atoms with Gasteiger partial charge in [-0.1, -0.05) is 13.8 Å². The zero-order valence-corrected chi connectivity index (χ0v) is 12.2. The highest BCUT2D eigenvalue weighted by Gasteiger charge is 2.25. The Hall–Kier alpha value is -0.120. The Morgan fingerprint density at radius 3 is 2.65 bits per heavy atom. The SMILES string of the molecule is CCOCC(NC1CCN(C)C(C)C1)C(C)C. The first kappa shape index (κ1) is 14.9. The van der Waals surface area contributed by atoms with E-state index >= 15 is 0 Å². The van der Waals surface area contributed by atoms with E-state index in [9.17, 15) is 0 Å². The predicted molar refractivity (Wildman–Crippen MR) is 73.4 cm³/mol. The summed E-state index contributed by atoms with van der Waals surface area (Å²) in [5, 5.41) is 3.79. The minimum absolute atomic E-state index is 0.496. The van der Waals surface area contributed by atoms with E-state index < -0.39 is 0 Å². The van der Waals surface area contributed by atoms with E-state index in [1.165, 1.54) is 19.4 Å². The maximum absolute atomic E-state index is 5.57. The molecule has 0 radical (unpaired) electrons. The number of hydrogen-bond donors (Lipinski definition) is 1. The van der Waals surface area contributed by atoms with Gasteiger partial charge in [0.2, 0.25) is 0 Å². The van der Waals surface area contributed by atoms with Crippen molar-refractivity contribution in [2.45, 2.75) is 58.7 Å². The Morgan fingerprint density at radius 2 is 2.12 bits per heavy atom. The van der Waals surface area contributed by atoms with Gasteiger partial charge < -0.3 is 15.0 Å². The monoisotopic (exact) mass is 242 g/mol. The van der Waals surface area contributed by atoms with Gasteiger partial charge in [0.25, 0.3) is 0 Å². The van der Waals surface area contributed by atoms with Gasteiger partial charge in [0.15, 0.2) is 0 Å². The molecular weight excluding hydrogens is 212 g/mol. The van der Waals surface area contributed by atoms with Gasteiger partial charge in [0.05, 0.1) is 6.61 Å². The van der Waals surface area contributed by atoms with Gasteiger partial charge >= 0.3 is 0 Å². The van der Waals surface area contributed by atoms with E-state index in [4.69, 9.17) is 4.74 Å². The zero-order valence-electron chi connectivity index (χ0n) is 12.2. The van der Waals surface area contributed by atoms with Gasteiger partial charge in [0.1, 0.15) is 0 Å². The third-order valence-electron chi connectivity index (χ3n) is 3.96. The van der Waals surface area contributed by atoms with E-state index in [-0.39, 0.29) is 0 Å². The highest BCUT2D eigenvalue weighted by Crippen LogP contribution is 2.17. The number of rotatable bonds is 6. The molecule has 1 aliphatic rings. The maximum Gasteiger partial charge on any atom is 0.0622 e. The van der Waals surface area contributed by atoms with Crippen LogP contribution in [-0.4, -0.2) is 49.8 Å². The van der Waals surface area contributed by atoms with Crippen molar-refractivity contribution in [3.05, 3.63) is 0 Å². The molecule has 102 valence electrons. The van der Waals surface area contributed by atoms with Crippen LogP contribution in [0.25, 0.3) is 0 Å². The number of hydrogen-bond acceptors (Lipinski definition) is 3. The fraction of sp³-hybridized carbons (Fsp3) is 1.00. The molecule has 0 amide bonds. The van der Waals surface area contributed by atoms with Crippen LogP contribution in [0.15, 0.2) is 0 Å². The summed E-state index contributed by atoms with van der Waals surface area (Å²) >= 11 is 0. The largest absolute Gasteiger partial charge is 0.380 e. The molecule has 0 bridgehead atoms. The molecule has 1 rings (SSSR count). The summed E-state index contributed by atoms with van der Waals surface area (Å²) < 4.78 is 5.57. The summed E-state index contributed by atoms with van der Waals surface area (Å²) in [4.78, 5) is 2.45. The molecule has 0 aromatic carbocycles. The van der Waals surface area contributed by atoms with Gasteiger partial charge in [-0.05, 0) is 46.2 Å². The first-order chi connectivity index (χ1) is 8.04. The molecule has 3 atom stereocenters. The molecule has 3 heteroatoms. The maximum atomic E-state index is 5.57. The molecule has 0 spiro atoms. The first-order valence-corrected chi connectivity index (χ1v) is 7.08. The summed E-state index contributed by atoms with van der Waals surface area (Å²) in [6, 6.07) is 1.85. The second kappa shape index (κ2) is 7.34. The molecule has 0 aromatic rings. The van der Waals surface area contributed by atoms with Crippen molar-refractivity contribution in [2.24, 2.45) is 5.92 Å². The molecule has 1 N–H and O–H groups in total. The van der Waals surface area contributed by atoms with Gasteiger partial charge in [-0.3, -0.25) is 0 Å². The zero-order chi connectivity index (χ0) is 12.8. The topological polar surface area (TPSA) is 24.5 Å². The Labute approximate surface area is 107 Å². The molecule has 0 aliphatic carbocycles. The average Bonchev–Trinajstić information content (AvgIpc) is 2.28. The molecule has 17 heavy (non-hydrogen) atoms. The minimum Gasteiger partial charge on any atom is -0.380 e. The molecule has 0 saturated carbocycles. The van der Waals surface area contributed by atoms with Crippen molar-refractivity contribution in [1.29, 1.82) is 0 Å². The highest BCUT2D eigenvalue weighted by molar-refractivity contribution is 4.84. The third-order valence-corrected chi connectivity index (χ3v) is 3.96. The second-order valence-electron chi connectivity index (χ2n) is 5.73. The van der Waals surface area contributed by atoms with Crippen molar-refractivity contribution < 1.29 is 4.74 Å². The van der Waals surface area contributed by atoms with E-state index in [1.54, 1.807) is 0 Å². The molecule has 3 nitrogen and oxygen atoms in total. The van der Waals surface area contributed by atoms with Crippen LogP contribution >= 0.6 is 0 Å². The van der Waals surface area contributed by atoms with E-state index in [0.29, 0.717) is 24.0 Å². The second-order valence-corrected chi connectivity index (χ2v) is 5.73. The van der Waals surface area contributed by atoms with Crippen molar-refractivity contribution in [1.82, 2.24) is 10.2 Å². The normalized spacial score (nSPS) is 28.6. The molecule has 1 aliphatic heterocycles. The van der Waals surface area contributed by atoms with Crippen LogP contribution in [0.3, 0.4) is 0 Å². The molecule has 0 aromatic heterocycles. The number of likely N-dealkylation sites (tertiary alicyclic amines) is 1. The van der Waals surface area contributed by atoms with Gasteiger partial charge in [-0.25, -0.2) is 0 Å². The van der Waals surface area contributed by atoms with Crippen molar-refractivity contribution in [3.8, 4) is 0 Å². The van der Waals surface area contributed by atoms with Crippen LogP contribution in [0.2, 0.25) is 0 Å². The lowest BCUT2D eigenvalue weighted by Gasteiger charge is -2.38. The van der Waals surface area contributed by atoms with Gasteiger partial charge in [-0.2, -0.15) is 0 Å². The lowest BCUT2D eigenvalue weighted by molar-refractivity contribution is 0.0903. The molecule has 1 saturated heterocycles. The van der Waals surface area contributed by atoms with Crippen molar-refractivity contribution in [2.75, 3.05) is 26.8 Å². The number of piperidine rings is 1. The predicted octanol–water partition coefficient (Wildman–Crippen LogP) is 2.12. The third kappa shape index (κ3) is 4.94.